The number of hydrogen-bond acceptors (Lipinski definition) is 2. The topological polar surface area (TPSA) is 54.4 Å². The summed E-state index contributed by atoms with van der Waals surface area (Å²) in [6, 6.07) is 0. The zero-order chi connectivity index (χ0) is 11.1. The van der Waals surface area contributed by atoms with E-state index in [0.29, 0.717) is 0 Å². The summed E-state index contributed by atoms with van der Waals surface area (Å²) in [7, 11) is 0. The van der Waals surface area contributed by atoms with Crippen molar-refractivity contribution in [3.05, 3.63) is 12.2 Å². The molecule has 0 saturated heterocycles. The summed E-state index contributed by atoms with van der Waals surface area (Å²) in [5.74, 6) is -1.41. The number of carbonyl (C=O) groups excluding carboxylic acids is 1. The fourth-order valence-corrected chi connectivity index (χ4v) is 1.87. The molecule has 0 bridgehead atoms. The Morgan fingerprint density at radius 3 is 2.21 bits per heavy atom. The Morgan fingerprint density at radius 2 is 1.93 bits per heavy atom. The Morgan fingerprint density at radius 1 is 1.43 bits per heavy atom. The summed E-state index contributed by atoms with van der Waals surface area (Å²) in [5, 5.41) is 8.98. The predicted octanol–water partition coefficient (Wildman–Crippen LogP) is 1.88. The van der Waals surface area contributed by atoms with Gasteiger partial charge in [-0.1, -0.05) is 33.8 Å². The molecule has 1 aliphatic carbocycles. The van der Waals surface area contributed by atoms with E-state index in [1.54, 1.807) is 26.8 Å². The second-order valence-electron chi connectivity index (χ2n) is 4.67. The van der Waals surface area contributed by atoms with Crippen molar-refractivity contribution in [3.8, 4) is 0 Å². The van der Waals surface area contributed by atoms with Crippen LogP contribution < -0.4 is 0 Å². The Hall–Kier alpha value is -1.12. The van der Waals surface area contributed by atoms with E-state index in [-0.39, 0.29) is 5.78 Å². The van der Waals surface area contributed by atoms with E-state index in [4.69, 9.17) is 5.11 Å². The summed E-state index contributed by atoms with van der Waals surface area (Å²) >= 11 is 0. The highest BCUT2D eigenvalue weighted by molar-refractivity contribution is 5.98. The molecule has 0 amide bonds. The zero-order valence-electron chi connectivity index (χ0n) is 9.00. The summed E-state index contributed by atoms with van der Waals surface area (Å²) in [6.45, 7) is 7.07. The van der Waals surface area contributed by atoms with Gasteiger partial charge in [-0.15, -0.1) is 0 Å². The van der Waals surface area contributed by atoms with Crippen LogP contribution in [-0.4, -0.2) is 16.9 Å². The van der Waals surface area contributed by atoms with Gasteiger partial charge < -0.3 is 5.11 Å². The first kappa shape index (κ1) is 11.0. The third kappa shape index (κ3) is 1.19. The minimum atomic E-state index is -0.861. The van der Waals surface area contributed by atoms with Crippen molar-refractivity contribution in [1.29, 1.82) is 0 Å². The molecule has 0 aromatic rings. The number of allylic oxidation sites excluding steroid dienone is 2. The molecule has 0 aromatic heterocycles. The molecule has 0 radical (unpaired) electrons. The van der Waals surface area contributed by atoms with Crippen LogP contribution >= 0.6 is 0 Å². The van der Waals surface area contributed by atoms with Crippen LogP contribution in [0.3, 0.4) is 0 Å². The summed E-state index contributed by atoms with van der Waals surface area (Å²) in [6.07, 6.45) is 3.23. The van der Waals surface area contributed by atoms with E-state index in [1.807, 2.05) is 6.92 Å². The first-order chi connectivity index (χ1) is 6.23. The zero-order valence-corrected chi connectivity index (χ0v) is 9.00. The van der Waals surface area contributed by atoms with Crippen molar-refractivity contribution in [2.45, 2.75) is 27.7 Å². The van der Waals surface area contributed by atoms with Crippen molar-refractivity contribution < 1.29 is 14.7 Å². The minimum absolute atomic E-state index is 0.00750. The molecular formula is C11H16O3. The van der Waals surface area contributed by atoms with Crippen LogP contribution in [0.25, 0.3) is 0 Å². The highest BCUT2D eigenvalue weighted by Gasteiger charge is 2.52. The lowest BCUT2D eigenvalue weighted by Gasteiger charge is -2.39. The fourth-order valence-electron chi connectivity index (χ4n) is 1.87. The first-order valence-corrected chi connectivity index (χ1v) is 4.70. The number of hydrogen-bond donors (Lipinski definition) is 1. The van der Waals surface area contributed by atoms with E-state index in [2.05, 4.69) is 0 Å². The van der Waals surface area contributed by atoms with Gasteiger partial charge in [0.05, 0.1) is 5.92 Å². The van der Waals surface area contributed by atoms with Gasteiger partial charge in [-0.25, -0.2) is 0 Å². The number of carboxylic acids is 1. The van der Waals surface area contributed by atoms with Crippen LogP contribution in [0, 0.1) is 16.7 Å². The number of carboxylic acid groups (broad SMARTS) is 1. The lowest BCUT2D eigenvalue weighted by molar-refractivity contribution is -0.148. The highest BCUT2D eigenvalue weighted by Crippen LogP contribution is 2.50. The molecule has 0 fully saturated rings. The SMILES string of the molecule is CC(C(=O)O)C1(C)C=CC(=O)C1(C)C. The minimum Gasteiger partial charge on any atom is -0.481 e. The van der Waals surface area contributed by atoms with E-state index in [0.717, 1.165) is 0 Å². The van der Waals surface area contributed by atoms with Gasteiger partial charge in [0, 0.05) is 10.8 Å². The average molecular weight is 196 g/mol. The molecule has 3 heteroatoms. The second kappa shape index (κ2) is 2.94. The maximum atomic E-state index is 11.6. The Bertz CT molecular complexity index is 314. The van der Waals surface area contributed by atoms with Crippen LogP contribution in [0.4, 0.5) is 0 Å². The largest absolute Gasteiger partial charge is 0.481 e. The molecule has 1 N–H and O–H groups in total. The van der Waals surface area contributed by atoms with Crippen LogP contribution in [0.2, 0.25) is 0 Å². The smallest absolute Gasteiger partial charge is 0.307 e. The quantitative estimate of drug-likeness (QED) is 0.733. The molecule has 0 aromatic carbocycles. The normalized spacial score (nSPS) is 31.9. The fraction of sp³-hybridized carbons (Fsp3) is 0.636. The lowest BCUT2D eigenvalue weighted by atomic mass is 9.62. The van der Waals surface area contributed by atoms with E-state index >= 15 is 0 Å². The first-order valence-electron chi connectivity index (χ1n) is 4.70. The van der Waals surface area contributed by atoms with Gasteiger partial charge in [0.25, 0.3) is 0 Å². The maximum absolute atomic E-state index is 11.6. The average Bonchev–Trinajstić information content (AvgIpc) is 2.29. The van der Waals surface area contributed by atoms with Gasteiger partial charge in [-0.3, -0.25) is 9.59 Å². The Kier molecular flexibility index (Phi) is 2.30. The van der Waals surface area contributed by atoms with Gasteiger partial charge in [0.1, 0.15) is 0 Å². The standard InChI is InChI=1S/C11H16O3/c1-7(9(13)14)11(4)6-5-8(12)10(11,2)3/h5-7H,1-4H3,(H,13,14). The van der Waals surface area contributed by atoms with Crippen molar-refractivity contribution in [1.82, 2.24) is 0 Å². The van der Waals surface area contributed by atoms with E-state index < -0.39 is 22.7 Å². The van der Waals surface area contributed by atoms with Crippen molar-refractivity contribution in [2.24, 2.45) is 16.7 Å². The molecule has 0 spiro atoms. The summed E-state index contributed by atoms with van der Waals surface area (Å²) in [4.78, 5) is 22.5. The van der Waals surface area contributed by atoms with Crippen LogP contribution in [0.1, 0.15) is 27.7 Å². The molecule has 0 aliphatic heterocycles. The van der Waals surface area contributed by atoms with Crippen molar-refractivity contribution in [2.75, 3.05) is 0 Å². The molecule has 2 unspecified atom stereocenters. The monoisotopic (exact) mass is 196 g/mol. The highest BCUT2D eigenvalue weighted by atomic mass is 16.4. The number of carbonyl (C=O) groups is 2. The van der Waals surface area contributed by atoms with E-state index in [9.17, 15) is 9.59 Å². The molecule has 3 nitrogen and oxygen atoms in total. The third-order valence-electron chi connectivity index (χ3n) is 3.81. The van der Waals surface area contributed by atoms with Crippen LogP contribution in [-0.2, 0) is 9.59 Å². The van der Waals surface area contributed by atoms with Gasteiger partial charge in [0.15, 0.2) is 5.78 Å². The van der Waals surface area contributed by atoms with E-state index in [1.165, 1.54) is 6.08 Å². The molecule has 0 saturated carbocycles. The van der Waals surface area contributed by atoms with Crippen LogP contribution in [0.5, 0.6) is 0 Å². The molecule has 0 heterocycles. The van der Waals surface area contributed by atoms with Gasteiger partial charge in [-0.2, -0.15) is 0 Å². The lowest BCUT2D eigenvalue weighted by Crippen LogP contribution is -2.42. The Labute approximate surface area is 83.8 Å². The molecule has 2 atom stereocenters. The Balaban J connectivity index is 3.13. The molecule has 14 heavy (non-hydrogen) atoms. The number of aliphatic carboxylic acids is 1. The second-order valence-corrected chi connectivity index (χ2v) is 4.67. The third-order valence-corrected chi connectivity index (χ3v) is 3.81. The summed E-state index contributed by atoms with van der Waals surface area (Å²) in [5.41, 5.74) is -1.21. The number of ketones is 1. The van der Waals surface area contributed by atoms with Gasteiger partial charge in [-0.05, 0) is 6.08 Å². The van der Waals surface area contributed by atoms with Crippen molar-refractivity contribution >= 4 is 11.8 Å². The van der Waals surface area contributed by atoms with Crippen LogP contribution in [0.15, 0.2) is 12.2 Å². The molecule has 1 aliphatic rings. The van der Waals surface area contributed by atoms with Crippen molar-refractivity contribution in [3.63, 3.8) is 0 Å². The number of rotatable bonds is 2. The van der Waals surface area contributed by atoms with Gasteiger partial charge >= 0.3 is 5.97 Å². The maximum Gasteiger partial charge on any atom is 0.307 e. The van der Waals surface area contributed by atoms with Gasteiger partial charge in [0.2, 0.25) is 0 Å². The predicted molar refractivity (Wildman–Crippen MR) is 52.8 cm³/mol. The molecular weight excluding hydrogens is 180 g/mol. The molecule has 78 valence electrons. The summed E-state index contributed by atoms with van der Waals surface area (Å²) < 4.78 is 0. The molecule has 1 rings (SSSR count).